The molecule has 0 amide bonds. The van der Waals surface area contributed by atoms with Crippen molar-refractivity contribution in [3.63, 3.8) is 0 Å². The third-order valence-electron chi connectivity index (χ3n) is 6.31. The number of nitrogens with one attached hydrogen (secondary N) is 2. The Morgan fingerprint density at radius 1 is 1.00 bits per heavy atom. The topological polar surface area (TPSA) is 60.1 Å². The van der Waals surface area contributed by atoms with Gasteiger partial charge in [0.1, 0.15) is 5.82 Å². The molecule has 3 heterocycles. The van der Waals surface area contributed by atoms with Gasteiger partial charge in [-0.1, -0.05) is 0 Å². The van der Waals surface area contributed by atoms with E-state index in [-0.39, 0.29) is 0 Å². The molecule has 2 aliphatic rings. The standard InChI is InChI=1S/C23H30N6/c1-16(2)28-11-13-29(14-12-28)22-19-5-3-4-6-21(19)26-23(27-22)25-18-7-8-20-17(15-18)9-10-24-20/h7-10,15-16,24H,3-6,11-14H2,1-2H3,(H,25,26,27). The van der Waals surface area contributed by atoms with Crippen molar-refractivity contribution in [1.82, 2.24) is 19.9 Å². The van der Waals surface area contributed by atoms with Gasteiger partial charge in [0.15, 0.2) is 0 Å². The first-order chi connectivity index (χ1) is 14.2. The minimum atomic E-state index is 0.608. The second-order valence-electron chi connectivity index (χ2n) is 8.52. The molecule has 29 heavy (non-hydrogen) atoms. The smallest absolute Gasteiger partial charge is 0.229 e. The molecular weight excluding hydrogens is 360 g/mol. The van der Waals surface area contributed by atoms with Gasteiger partial charge in [-0.15, -0.1) is 0 Å². The lowest BCUT2D eigenvalue weighted by Crippen LogP contribution is -2.49. The lowest BCUT2D eigenvalue weighted by molar-refractivity contribution is 0.209. The Kier molecular flexibility index (Phi) is 4.87. The van der Waals surface area contributed by atoms with Crippen molar-refractivity contribution in [1.29, 1.82) is 0 Å². The van der Waals surface area contributed by atoms with Crippen molar-refractivity contribution in [2.75, 3.05) is 36.4 Å². The van der Waals surface area contributed by atoms with Gasteiger partial charge < -0.3 is 15.2 Å². The van der Waals surface area contributed by atoms with Gasteiger partial charge in [-0.2, -0.15) is 4.98 Å². The van der Waals surface area contributed by atoms with Crippen LogP contribution in [0.1, 0.15) is 37.9 Å². The van der Waals surface area contributed by atoms with Crippen molar-refractivity contribution in [2.24, 2.45) is 0 Å². The first-order valence-electron chi connectivity index (χ1n) is 10.9. The Morgan fingerprint density at radius 2 is 1.83 bits per heavy atom. The van der Waals surface area contributed by atoms with E-state index in [0.29, 0.717) is 6.04 Å². The molecule has 0 unspecified atom stereocenters. The van der Waals surface area contributed by atoms with E-state index in [4.69, 9.17) is 9.97 Å². The molecule has 6 nitrogen and oxygen atoms in total. The summed E-state index contributed by atoms with van der Waals surface area (Å²) < 4.78 is 0. The summed E-state index contributed by atoms with van der Waals surface area (Å²) in [5.74, 6) is 1.88. The minimum absolute atomic E-state index is 0.608. The van der Waals surface area contributed by atoms with E-state index >= 15 is 0 Å². The van der Waals surface area contributed by atoms with Gasteiger partial charge in [0, 0.05) is 60.6 Å². The predicted molar refractivity (Wildman–Crippen MR) is 119 cm³/mol. The number of hydrogen-bond donors (Lipinski definition) is 2. The maximum Gasteiger partial charge on any atom is 0.229 e. The number of aromatic amines is 1. The van der Waals surface area contributed by atoms with Gasteiger partial charge in [0.05, 0.1) is 5.69 Å². The van der Waals surface area contributed by atoms with Crippen LogP contribution in [0, 0.1) is 0 Å². The lowest BCUT2D eigenvalue weighted by Gasteiger charge is -2.38. The third-order valence-corrected chi connectivity index (χ3v) is 6.31. The van der Waals surface area contributed by atoms with E-state index in [1.165, 1.54) is 29.5 Å². The molecule has 0 radical (unpaired) electrons. The molecule has 1 fully saturated rings. The zero-order valence-corrected chi connectivity index (χ0v) is 17.4. The predicted octanol–water partition coefficient (Wildman–Crippen LogP) is 4.11. The van der Waals surface area contributed by atoms with Crippen LogP contribution in [0.3, 0.4) is 0 Å². The highest BCUT2D eigenvalue weighted by Gasteiger charge is 2.25. The van der Waals surface area contributed by atoms with Gasteiger partial charge in [-0.05, 0) is 63.8 Å². The SMILES string of the molecule is CC(C)N1CCN(c2nc(Nc3ccc4[nH]ccc4c3)nc3c2CCCC3)CC1. The van der Waals surface area contributed by atoms with E-state index in [1.807, 2.05) is 6.20 Å². The number of aryl methyl sites for hydroxylation is 1. The normalized spacial score (nSPS) is 17.7. The van der Waals surface area contributed by atoms with Gasteiger partial charge in [0.25, 0.3) is 0 Å². The number of fused-ring (bicyclic) bond motifs is 2. The van der Waals surface area contributed by atoms with E-state index in [9.17, 15) is 0 Å². The monoisotopic (exact) mass is 390 g/mol. The van der Waals surface area contributed by atoms with Crippen LogP contribution in [0.2, 0.25) is 0 Å². The zero-order chi connectivity index (χ0) is 19.8. The van der Waals surface area contributed by atoms with Crippen LogP contribution in [0.5, 0.6) is 0 Å². The number of hydrogen-bond acceptors (Lipinski definition) is 5. The summed E-state index contributed by atoms with van der Waals surface area (Å²) >= 11 is 0. The summed E-state index contributed by atoms with van der Waals surface area (Å²) in [6.07, 6.45) is 6.59. The van der Waals surface area contributed by atoms with Crippen LogP contribution in [-0.4, -0.2) is 52.1 Å². The molecule has 3 aromatic rings. The summed E-state index contributed by atoms with van der Waals surface area (Å²) in [6, 6.07) is 9.03. The Bertz CT molecular complexity index is 1000. The van der Waals surface area contributed by atoms with Gasteiger partial charge in [-0.3, -0.25) is 4.90 Å². The maximum absolute atomic E-state index is 5.02. The number of nitrogens with zero attached hydrogens (tertiary/aromatic N) is 4. The molecule has 0 saturated carbocycles. The molecule has 0 spiro atoms. The average molecular weight is 391 g/mol. The fourth-order valence-corrected chi connectivity index (χ4v) is 4.60. The number of benzene rings is 1. The molecule has 152 valence electrons. The highest BCUT2D eigenvalue weighted by molar-refractivity contribution is 5.83. The summed E-state index contributed by atoms with van der Waals surface area (Å²) in [5.41, 5.74) is 4.78. The van der Waals surface area contributed by atoms with Crippen molar-refractivity contribution >= 4 is 28.4 Å². The maximum atomic E-state index is 5.02. The van der Waals surface area contributed by atoms with Crippen LogP contribution < -0.4 is 10.2 Å². The Labute approximate surface area is 172 Å². The van der Waals surface area contributed by atoms with Crippen LogP contribution in [0.15, 0.2) is 30.5 Å². The van der Waals surface area contributed by atoms with Crippen molar-refractivity contribution in [3.05, 3.63) is 41.7 Å². The quantitative estimate of drug-likeness (QED) is 0.702. The zero-order valence-electron chi connectivity index (χ0n) is 17.4. The molecule has 1 aliphatic carbocycles. The molecule has 0 atom stereocenters. The highest BCUT2D eigenvalue weighted by Crippen LogP contribution is 2.31. The number of aromatic nitrogens is 3. The fourth-order valence-electron chi connectivity index (χ4n) is 4.60. The summed E-state index contributed by atoms with van der Waals surface area (Å²) in [6.45, 7) is 8.84. The lowest BCUT2D eigenvalue weighted by atomic mass is 9.96. The number of anilines is 3. The van der Waals surface area contributed by atoms with Crippen LogP contribution in [-0.2, 0) is 12.8 Å². The van der Waals surface area contributed by atoms with Crippen LogP contribution >= 0.6 is 0 Å². The molecule has 2 aromatic heterocycles. The van der Waals surface area contributed by atoms with Crippen molar-refractivity contribution in [2.45, 2.75) is 45.6 Å². The van der Waals surface area contributed by atoms with Gasteiger partial charge in [-0.25, -0.2) is 4.98 Å². The van der Waals surface area contributed by atoms with E-state index in [0.717, 1.165) is 62.0 Å². The van der Waals surface area contributed by atoms with E-state index in [1.54, 1.807) is 0 Å². The number of H-pyrrole nitrogens is 1. The third kappa shape index (κ3) is 3.69. The van der Waals surface area contributed by atoms with Gasteiger partial charge in [0.2, 0.25) is 5.95 Å². The molecule has 1 aliphatic heterocycles. The van der Waals surface area contributed by atoms with E-state index in [2.05, 4.69) is 58.2 Å². The van der Waals surface area contributed by atoms with E-state index < -0.39 is 0 Å². The van der Waals surface area contributed by atoms with Crippen molar-refractivity contribution in [3.8, 4) is 0 Å². The highest BCUT2D eigenvalue weighted by atomic mass is 15.3. The Balaban J connectivity index is 1.44. The largest absolute Gasteiger partial charge is 0.361 e. The fraction of sp³-hybridized carbons (Fsp3) is 0.478. The molecule has 6 heteroatoms. The first-order valence-corrected chi connectivity index (χ1v) is 10.9. The molecule has 1 aromatic carbocycles. The summed E-state index contributed by atoms with van der Waals surface area (Å²) in [4.78, 5) is 18.2. The number of rotatable bonds is 4. The second-order valence-corrected chi connectivity index (χ2v) is 8.52. The Hall–Kier alpha value is -2.60. The number of piperazine rings is 1. The van der Waals surface area contributed by atoms with Crippen LogP contribution in [0.25, 0.3) is 10.9 Å². The van der Waals surface area contributed by atoms with Crippen LogP contribution in [0.4, 0.5) is 17.5 Å². The molecule has 2 N–H and O–H groups in total. The van der Waals surface area contributed by atoms with Crippen molar-refractivity contribution < 1.29 is 0 Å². The Morgan fingerprint density at radius 3 is 2.66 bits per heavy atom. The first kappa shape index (κ1) is 18.4. The molecule has 0 bridgehead atoms. The molecule has 5 rings (SSSR count). The second kappa shape index (κ2) is 7.67. The minimum Gasteiger partial charge on any atom is -0.361 e. The summed E-state index contributed by atoms with van der Waals surface area (Å²) in [7, 11) is 0. The van der Waals surface area contributed by atoms with Gasteiger partial charge >= 0.3 is 0 Å². The average Bonchev–Trinajstić information content (AvgIpc) is 3.21. The molecule has 1 saturated heterocycles. The molecular formula is C23H30N6. The summed E-state index contributed by atoms with van der Waals surface area (Å²) in [5, 5.41) is 4.66.